The molecule has 0 aromatic heterocycles. The van der Waals surface area contributed by atoms with Gasteiger partial charge in [0.15, 0.2) is 0 Å². The summed E-state index contributed by atoms with van der Waals surface area (Å²) in [5.74, 6) is 0. The molecule has 2 aliphatic carbocycles. The number of nitrogens with zero attached hydrogens (tertiary/aromatic N) is 2. The molecule has 2 saturated heterocycles. The highest BCUT2D eigenvalue weighted by atomic mass is 32.2. The minimum atomic E-state index is -3.94. The van der Waals surface area contributed by atoms with Crippen LogP contribution in [0.5, 0.6) is 0 Å². The van der Waals surface area contributed by atoms with Gasteiger partial charge in [-0.25, -0.2) is 9.52 Å². The molecule has 32 heavy (non-hydrogen) atoms. The van der Waals surface area contributed by atoms with Gasteiger partial charge in [-0.3, -0.25) is 9.80 Å². The molecule has 2 fully saturated rings. The third kappa shape index (κ3) is 4.27. The van der Waals surface area contributed by atoms with Crippen molar-refractivity contribution in [2.24, 2.45) is 0 Å². The van der Waals surface area contributed by atoms with Crippen molar-refractivity contribution in [3.63, 3.8) is 0 Å². The van der Waals surface area contributed by atoms with E-state index in [1.54, 1.807) is 0 Å². The van der Waals surface area contributed by atoms with Crippen LogP contribution in [0, 0.1) is 0 Å². The first-order valence-electron chi connectivity index (χ1n) is 12.1. The van der Waals surface area contributed by atoms with E-state index in [1.165, 1.54) is 22.3 Å². The van der Waals surface area contributed by atoms with E-state index in [4.69, 9.17) is 0 Å². The maximum atomic E-state index is 12.7. The number of aryl methyl sites for hydroxylation is 2. The lowest BCUT2D eigenvalue weighted by atomic mass is 9.99. The highest BCUT2D eigenvalue weighted by Crippen LogP contribution is 2.38. The quantitative estimate of drug-likeness (QED) is 0.604. The van der Waals surface area contributed by atoms with E-state index < -0.39 is 16.2 Å². The van der Waals surface area contributed by atoms with E-state index in [2.05, 4.69) is 44.5 Å². The number of benzene rings is 1. The van der Waals surface area contributed by atoms with Gasteiger partial charge in [-0.1, -0.05) is 6.07 Å². The number of amides is 2. The average Bonchev–Trinajstić information content (AvgIpc) is 3.43. The number of piperazine rings is 1. The van der Waals surface area contributed by atoms with Crippen LogP contribution in [0.1, 0.15) is 61.8 Å². The molecule has 3 N–H and O–H groups in total. The molecule has 8 nitrogen and oxygen atoms in total. The van der Waals surface area contributed by atoms with E-state index in [1.807, 2.05) is 0 Å². The maximum Gasteiger partial charge on any atom is 0.333 e. The molecule has 5 rings (SSSR count). The number of hydrogen-bond donors (Lipinski definition) is 3. The second-order valence-corrected chi connectivity index (χ2v) is 11.5. The highest BCUT2D eigenvalue weighted by Gasteiger charge is 2.40. The zero-order chi connectivity index (χ0) is 22.5. The Bertz CT molecular complexity index is 963. The van der Waals surface area contributed by atoms with Crippen molar-refractivity contribution < 1.29 is 13.2 Å². The number of anilines is 1. The van der Waals surface area contributed by atoms with Crippen LogP contribution in [0.15, 0.2) is 6.07 Å². The van der Waals surface area contributed by atoms with Gasteiger partial charge >= 0.3 is 16.2 Å². The average molecular weight is 462 g/mol. The summed E-state index contributed by atoms with van der Waals surface area (Å²) < 4.78 is 30.0. The number of rotatable bonds is 6. The fraction of sp³-hybridized carbons (Fsp3) is 0.696. The molecule has 2 atom stereocenters. The molecule has 2 amide bonds. The number of fused-ring (bicyclic) bond motifs is 4. The van der Waals surface area contributed by atoms with E-state index >= 15 is 0 Å². The van der Waals surface area contributed by atoms with Crippen molar-refractivity contribution in [1.82, 2.24) is 19.2 Å². The fourth-order valence-corrected chi connectivity index (χ4v) is 6.81. The largest absolute Gasteiger partial charge is 0.333 e. The standard InChI is InChI=1S/C23H35N5O3S/c1-15(2)27-12-18-9-10-19(13-27)28(18)14-24-32(30,31)26-23(29)25-22-20-7-3-5-16(20)11-17-6-4-8-21(17)22/h11,15,18-19,24H,3-10,12-14H2,1-2H3,(H2,25,26,29). The Hall–Kier alpha value is -1.68. The Labute approximate surface area is 191 Å². The van der Waals surface area contributed by atoms with Crippen LogP contribution in [0.3, 0.4) is 0 Å². The Morgan fingerprint density at radius 2 is 1.62 bits per heavy atom. The van der Waals surface area contributed by atoms with Crippen LogP contribution in [-0.4, -0.2) is 62.1 Å². The van der Waals surface area contributed by atoms with Gasteiger partial charge in [0.1, 0.15) is 0 Å². The van der Waals surface area contributed by atoms with Gasteiger partial charge < -0.3 is 5.32 Å². The van der Waals surface area contributed by atoms with E-state index in [-0.39, 0.29) is 6.67 Å². The molecular weight excluding hydrogens is 426 g/mol. The molecular formula is C23H35N5O3S. The fourth-order valence-electron chi connectivity index (χ4n) is 6.13. The molecule has 0 spiro atoms. The summed E-state index contributed by atoms with van der Waals surface area (Å²) in [5.41, 5.74) is 5.83. The van der Waals surface area contributed by atoms with Crippen LogP contribution in [-0.2, 0) is 35.9 Å². The van der Waals surface area contributed by atoms with Crippen molar-refractivity contribution in [1.29, 1.82) is 0 Å². The molecule has 1 aromatic carbocycles. The maximum absolute atomic E-state index is 12.7. The van der Waals surface area contributed by atoms with Crippen LogP contribution in [0.4, 0.5) is 10.5 Å². The van der Waals surface area contributed by atoms with Crippen molar-refractivity contribution >= 4 is 21.9 Å². The van der Waals surface area contributed by atoms with E-state index in [0.717, 1.165) is 70.1 Å². The van der Waals surface area contributed by atoms with Crippen molar-refractivity contribution in [2.45, 2.75) is 83.3 Å². The number of hydrogen-bond acceptors (Lipinski definition) is 5. The van der Waals surface area contributed by atoms with Crippen LogP contribution < -0.4 is 14.8 Å². The van der Waals surface area contributed by atoms with E-state index in [9.17, 15) is 13.2 Å². The lowest BCUT2D eigenvalue weighted by Crippen LogP contribution is -2.58. The second-order valence-electron chi connectivity index (χ2n) is 10.0. The Balaban J connectivity index is 1.21. The van der Waals surface area contributed by atoms with Crippen LogP contribution in [0.25, 0.3) is 0 Å². The van der Waals surface area contributed by atoms with Gasteiger partial charge in [-0.2, -0.15) is 13.1 Å². The number of carbonyl (C=O) groups is 1. The third-order valence-electron chi connectivity index (χ3n) is 7.77. The normalized spacial score (nSPS) is 25.2. The van der Waals surface area contributed by atoms with Gasteiger partial charge in [-0.15, -0.1) is 0 Å². The molecule has 0 saturated carbocycles. The molecule has 176 valence electrons. The first kappa shape index (κ1) is 22.1. The summed E-state index contributed by atoms with van der Waals surface area (Å²) >= 11 is 0. The molecule has 1 aromatic rings. The van der Waals surface area contributed by atoms with Gasteiger partial charge in [0.05, 0.1) is 6.67 Å². The minimum Gasteiger partial charge on any atom is -0.307 e. The third-order valence-corrected chi connectivity index (χ3v) is 8.73. The summed E-state index contributed by atoms with van der Waals surface area (Å²) in [5, 5.41) is 2.90. The number of carbonyl (C=O) groups excluding carboxylic acids is 1. The SMILES string of the molecule is CC(C)N1CC2CCC(C1)N2CNS(=O)(=O)NC(=O)Nc1c2c(cc3c1CCC3)CCC2. The summed E-state index contributed by atoms with van der Waals surface area (Å²) in [6.07, 6.45) is 8.29. The first-order chi connectivity index (χ1) is 15.3. The summed E-state index contributed by atoms with van der Waals surface area (Å²) in [6, 6.07) is 2.84. The lowest BCUT2D eigenvalue weighted by molar-refractivity contribution is 0.0484. The van der Waals surface area contributed by atoms with E-state index in [0.29, 0.717) is 18.1 Å². The molecule has 2 unspecified atom stereocenters. The monoisotopic (exact) mass is 461 g/mol. The smallest absolute Gasteiger partial charge is 0.307 e. The second kappa shape index (κ2) is 8.59. The minimum absolute atomic E-state index is 0.236. The Kier molecular flexibility index (Phi) is 5.94. The van der Waals surface area contributed by atoms with Gasteiger partial charge in [0, 0.05) is 36.9 Å². The molecule has 2 heterocycles. The zero-order valence-electron chi connectivity index (χ0n) is 19.1. The van der Waals surface area contributed by atoms with Crippen LogP contribution in [0.2, 0.25) is 0 Å². The topological polar surface area (TPSA) is 93.8 Å². The Morgan fingerprint density at radius 1 is 1.03 bits per heavy atom. The molecule has 9 heteroatoms. The summed E-state index contributed by atoms with van der Waals surface area (Å²) in [7, 11) is -3.94. The Morgan fingerprint density at radius 3 is 2.19 bits per heavy atom. The van der Waals surface area contributed by atoms with Gasteiger partial charge in [0.25, 0.3) is 0 Å². The van der Waals surface area contributed by atoms with Crippen molar-refractivity contribution in [2.75, 3.05) is 25.1 Å². The predicted octanol–water partition coefficient (Wildman–Crippen LogP) is 2.13. The van der Waals surface area contributed by atoms with Gasteiger partial charge in [-0.05, 0) is 87.5 Å². The van der Waals surface area contributed by atoms with Gasteiger partial charge in [0.2, 0.25) is 0 Å². The lowest BCUT2D eigenvalue weighted by Gasteiger charge is -2.42. The predicted molar refractivity (Wildman–Crippen MR) is 125 cm³/mol. The first-order valence-corrected chi connectivity index (χ1v) is 13.5. The van der Waals surface area contributed by atoms with Crippen molar-refractivity contribution in [3.8, 4) is 0 Å². The molecule has 0 radical (unpaired) electrons. The molecule has 4 aliphatic rings. The summed E-state index contributed by atoms with van der Waals surface area (Å²) in [6.45, 7) is 6.58. The van der Waals surface area contributed by atoms with Crippen LogP contribution >= 0.6 is 0 Å². The number of likely N-dealkylation sites (tertiary alicyclic amines) is 1. The number of urea groups is 1. The summed E-state index contributed by atoms with van der Waals surface area (Å²) in [4.78, 5) is 17.4. The molecule has 2 aliphatic heterocycles. The molecule has 2 bridgehead atoms. The van der Waals surface area contributed by atoms with Crippen molar-refractivity contribution in [3.05, 3.63) is 28.3 Å². The highest BCUT2D eigenvalue weighted by molar-refractivity contribution is 7.88. The zero-order valence-corrected chi connectivity index (χ0v) is 19.9. The number of nitrogens with one attached hydrogen (secondary N) is 3.